The van der Waals surface area contributed by atoms with Gasteiger partial charge in [-0.25, -0.2) is 8.42 Å². The van der Waals surface area contributed by atoms with Crippen LogP contribution >= 0.6 is 0 Å². The molecule has 1 atom stereocenters. The summed E-state index contributed by atoms with van der Waals surface area (Å²) in [6.07, 6.45) is -1.07. The van der Waals surface area contributed by atoms with Gasteiger partial charge >= 0.3 is 0 Å². The first-order valence-corrected chi connectivity index (χ1v) is 15.9. The minimum Gasteiger partial charge on any atom is -0.389 e. The molecule has 1 aromatic heterocycles. The van der Waals surface area contributed by atoms with Gasteiger partial charge in [-0.3, -0.25) is 9.10 Å². The predicted octanol–water partition coefficient (Wildman–Crippen LogP) is 6.92. The van der Waals surface area contributed by atoms with Crippen LogP contribution in [0.15, 0.2) is 126 Å². The van der Waals surface area contributed by atoms with Gasteiger partial charge in [-0.05, 0) is 74.0 Å². The second-order valence-electron chi connectivity index (χ2n) is 11.0. The number of anilines is 2. The first-order valence-electron chi connectivity index (χ1n) is 14.4. The van der Waals surface area contributed by atoms with Crippen molar-refractivity contribution in [1.82, 2.24) is 4.57 Å². The molecule has 2 N–H and O–H groups in total. The molecule has 0 saturated carbocycles. The topological polar surface area (TPSA) is 91.6 Å². The summed E-state index contributed by atoms with van der Waals surface area (Å²) in [5.41, 5.74) is 5.06. The fraction of sp³-hybridized carbons (Fsp3) is 0.139. The van der Waals surface area contributed by atoms with E-state index in [1.807, 2.05) is 85.1 Å². The highest BCUT2D eigenvalue weighted by Crippen LogP contribution is 2.30. The summed E-state index contributed by atoms with van der Waals surface area (Å²) in [7, 11) is -4.10. The Balaban J connectivity index is 1.36. The molecule has 0 bridgehead atoms. The number of para-hydroxylation sites is 2. The van der Waals surface area contributed by atoms with Crippen molar-refractivity contribution >= 4 is 49.1 Å². The molecule has 8 heteroatoms. The van der Waals surface area contributed by atoms with Gasteiger partial charge in [-0.1, -0.05) is 72.3 Å². The summed E-state index contributed by atoms with van der Waals surface area (Å²) in [5.74, 6) is -0.365. The van der Waals surface area contributed by atoms with Crippen LogP contribution in [0.1, 0.15) is 21.5 Å². The number of hydrogen-bond donors (Lipinski definition) is 2. The third-order valence-electron chi connectivity index (χ3n) is 7.73. The van der Waals surface area contributed by atoms with Crippen LogP contribution in [0.3, 0.4) is 0 Å². The molecule has 0 aliphatic heterocycles. The van der Waals surface area contributed by atoms with E-state index in [1.54, 1.807) is 54.6 Å². The van der Waals surface area contributed by atoms with Gasteiger partial charge < -0.3 is 15.0 Å². The van der Waals surface area contributed by atoms with Gasteiger partial charge in [-0.2, -0.15) is 0 Å². The van der Waals surface area contributed by atoms with E-state index in [-0.39, 0.29) is 29.6 Å². The first-order chi connectivity index (χ1) is 21.2. The van der Waals surface area contributed by atoms with Crippen molar-refractivity contribution in [3.8, 4) is 0 Å². The van der Waals surface area contributed by atoms with Gasteiger partial charge in [0.2, 0.25) is 0 Å². The maximum Gasteiger partial charge on any atom is 0.264 e. The molecule has 1 unspecified atom stereocenters. The Morgan fingerprint density at radius 1 is 0.773 bits per heavy atom. The average molecular weight is 604 g/mol. The molecule has 0 saturated heterocycles. The molecular formula is C36H33N3O4S. The second kappa shape index (κ2) is 12.0. The van der Waals surface area contributed by atoms with Gasteiger partial charge in [0.25, 0.3) is 15.9 Å². The Morgan fingerprint density at radius 2 is 1.41 bits per heavy atom. The molecule has 0 aliphatic carbocycles. The van der Waals surface area contributed by atoms with E-state index >= 15 is 0 Å². The van der Waals surface area contributed by atoms with Crippen molar-refractivity contribution in [3.05, 3.63) is 138 Å². The summed E-state index contributed by atoms with van der Waals surface area (Å²) < 4.78 is 31.5. The maximum absolute atomic E-state index is 14.1. The van der Waals surface area contributed by atoms with E-state index in [0.717, 1.165) is 32.9 Å². The number of nitrogens with one attached hydrogen (secondary N) is 1. The summed E-state index contributed by atoms with van der Waals surface area (Å²) in [6.45, 7) is 3.77. The molecule has 0 fully saturated rings. The molecular weight excluding hydrogens is 570 g/mol. The molecule has 0 aliphatic rings. The van der Waals surface area contributed by atoms with Crippen LogP contribution in [-0.2, 0) is 16.6 Å². The number of fused-ring (bicyclic) bond motifs is 3. The molecule has 6 aromatic rings. The maximum atomic E-state index is 14.1. The molecule has 0 radical (unpaired) electrons. The van der Waals surface area contributed by atoms with Crippen molar-refractivity contribution in [2.75, 3.05) is 16.2 Å². The standard InChI is InChI=1S/C36H33N3O4S/c1-25-17-19-31(20-18-25)44(42,43)39(29-12-8-10-27(22-29)36(41)37-28-11-7-9-26(2)21-28)24-30(40)23-38-34-15-5-3-13-32(34)33-14-4-6-16-35(33)38/h3-22,30,40H,23-24H2,1-2H3,(H,37,41). The van der Waals surface area contributed by atoms with Crippen LogP contribution in [0.4, 0.5) is 11.4 Å². The normalized spacial score (nSPS) is 12.3. The number of nitrogens with zero attached hydrogens (tertiary/aromatic N) is 2. The summed E-state index contributed by atoms with van der Waals surface area (Å²) >= 11 is 0. The number of aliphatic hydroxyl groups excluding tert-OH is 1. The second-order valence-corrected chi connectivity index (χ2v) is 12.9. The zero-order valence-electron chi connectivity index (χ0n) is 24.5. The lowest BCUT2D eigenvalue weighted by molar-refractivity contribution is 0.102. The van der Waals surface area contributed by atoms with Crippen molar-refractivity contribution in [1.29, 1.82) is 0 Å². The number of aliphatic hydroxyl groups is 1. The number of rotatable bonds is 9. The molecule has 222 valence electrons. The van der Waals surface area contributed by atoms with Crippen LogP contribution in [0, 0.1) is 13.8 Å². The number of aromatic nitrogens is 1. The van der Waals surface area contributed by atoms with Crippen LogP contribution in [-0.4, -0.2) is 36.6 Å². The van der Waals surface area contributed by atoms with E-state index in [0.29, 0.717) is 11.3 Å². The van der Waals surface area contributed by atoms with E-state index < -0.39 is 16.1 Å². The van der Waals surface area contributed by atoms with Crippen molar-refractivity contribution < 1.29 is 18.3 Å². The predicted molar refractivity (Wildman–Crippen MR) is 177 cm³/mol. The monoisotopic (exact) mass is 603 g/mol. The van der Waals surface area contributed by atoms with Gasteiger partial charge in [0.15, 0.2) is 0 Å². The highest BCUT2D eigenvalue weighted by atomic mass is 32.2. The molecule has 0 spiro atoms. The van der Waals surface area contributed by atoms with Crippen LogP contribution < -0.4 is 9.62 Å². The lowest BCUT2D eigenvalue weighted by Crippen LogP contribution is -2.39. The number of amides is 1. The van der Waals surface area contributed by atoms with Crippen LogP contribution in [0.2, 0.25) is 0 Å². The fourth-order valence-corrected chi connectivity index (χ4v) is 7.06. The summed E-state index contributed by atoms with van der Waals surface area (Å²) in [6, 6.07) is 36.5. The largest absolute Gasteiger partial charge is 0.389 e. The minimum absolute atomic E-state index is 0.0989. The molecule has 44 heavy (non-hydrogen) atoms. The molecule has 6 rings (SSSR count). The third-order valence-corrected chi connectivity index (χ3v) is 9.54. The van der Waals surface area contributed by atoms with E-state index in [4.69, 9.17) is 0 Å². The highest BCUT2D eigenvalue weighted by molar-refractivity contribution is 7.92. The van der Waals surface area contributed by atoms with Gasteiger partial charge in [-0.15, -0.1) is 0 Å². The van der Waals surface area contributed by atoms with Gasteiger partial charge in [0, 0.05) is 33.1 Å². The first kappa shape index (κ1) is 29.2. The number of hydrogen-bond acceptors (Lipinski definition) is 4. The number of benzene rings is 5. The number of carbonyl (C=O) groups excluding carboxylic acids is 1. The van der Waals surface area contributed by atoms with E-state index in [2.05, 4.69) is 5.32 Å². The number of carbonyl (C=O) groups is 1. The molecule has 1 amide bonds. The molecule has 1 heterocycles. The van der Waals surface area contributed by atoms with Crippen molar-refractivity contribution in [3.63, 3.8) is 0 Å². The summed E-state index contributed by atoms with van der Waals surface area (Å²) in [4.78, 5) is 13.3. The third kappa shape index (κ3) is 5.82. The number of sulfonamides is 1. The average Bonchev–Trinajstić information content (AvgIpc) is 3.33. The fourth-order valence-electron chi connectivity index (χ4n) is 5.57. The summed E-state index contributed by atoms with van der Waals surface area (Å²) in [5, 5.41) is 16.5. The Hall–Kier alpha value is -4.92. The lowest BCUT2D eigenvalue weighted by atomic mass is 10.1. The smallest absolute Gasteiger partial charge is 0.264 e. The van der Waals surface area contributed by atoms with Crippen LogP contribution in [0.5, 0.6) is 0 Å². The number of aryl methyl sites for hydroxylation is 2. The van der Waals surface area contributed by atoms with Crippen LogP contribution in [0.25, 0.3) is 21.8 Å². The minimum atomic E-state index is -4.10. The molecule has 5 aromatic carbocycles. The Bertz CT molecular complexity index is 2030. The molecule has 7 nitrogen and oxygen atoms in total. The Kier molecular flexibility index (Phi) is 7.95. The highest BCUT2D eigenvalue weighted by Gasteiger charge is 2.28. The lowest BCUT2D eigenvalue weighted by Gasteiger charge is -2.28. The SMILES string of the molecule is Cc1ccc(S(=O)(=O)N(CC(O)Cn2c3ccccc3c3ccccc32)c2cccc(C(=O)Nc3cccc(C)c3)c2)cc1. The quantitative estimate of drug-likeness (QED) is 0.188. The van der Waals surface area contributed by atoms with Gasteiger partial charge in [0.1, 0.15) is 0 Å². The van der Waals surface area contributed by atoms with E-state index in [9.17, 15) is 18.3 Å². The Labute approximate surface area is 257 Å². The van der Waals surface area contributed by atoms with Gasteiger partial charge in [0.05, 0.1) is 29.8 Å². The van der Waals surface area contributed by atoms with Crippen molar-refractivity contribution in [2.45, 2.75) is 31.4 Å². The Morgan fingerprint density at radius 3 is 2.07 bits per heavy atom. The zero-order valence-corrected chi connectivity index (χ0v) is 25.3. The zero-order chi connectivity index (χ0) is 30.8. The van der Waals surface area contributed by atoms with Crippen molar-refractivity contribution in [2.24, 2.45) is 0 Å². The van der Waals surface area contributed by atoms with E-state index in [1.165, 1.54) is 4.31 Å².